The zero-order valence-corrected chi connectivity index (χ0v) is 12.3. The fourth-order valence-electron chi connectivity index (χ4n) is 1.54. The molecule has 0 aliphatic heterocycles. The number of hydrogen-bond acceptors (Lipinski definition) is 2. The van der Waals surface area contributed by atoms with Crippen LogP contribution in [0.15, 0.2) is 24.3 Å². The normalized spacial score (nSPS) is 11.0. The van der Waals surface area contributed by atoms with Gasteiger partial charge < -0.3 is 10.4 Å². The van der Waals surface area contributed by atoms with E-state index in [9.17, 15) is 9.59 Å². The van der Waals surface area contributed by atoms with E-state index in [-0.39, 0.29) is 5.91 Å². The van der Waals surface area contributed by atoms with Crippen molar-refractivity contribution in [2.24, 2.45) is 5.92 Å². The van der Waals surface area contributed by atoms with E-state index in [0.29, 0.717) is 28.6 Å². The van der Waals surface area contributed by atoms with Crippen molar-refractivity contribution in [2.75, 3.05) is 6.54 Å². The van der Waals surface area contributed by atoms with Crippen LogP contribution >= 0.6 is 11.6 Å². The fourth-order valence-corrected chi connectivity index (χ4v) is 1.78. The van der Waals surface area contributed by atoms with E-state index in [4.69, 9.17) is 16.7 Å². The van der Waals surface area contributed by atoms with Crippen molar-refractivity contribution < 1.29 is 14.7 Å². The van der Waals surface area contributed by atoms with Crippen molar-refractivity contribution in [3.05, 3.63) is 40.4 Å². The number of carboxylic acid groups (broad SMARTS) is 1. The van der Waals surface area contributed by atoms with E-state index < -0.39 is 5.97 Å². The summed E-state index contributed by atoms with van der Waals surface area (Å²) in [4.78, 5) is 22.3. The Kier molecular flexibility index (Phi) is 6.25. The molecule has 5 heteroatoms. The zero-order chi connectivity index (χ0) is 15.1. The monoisotopic (exact) mass is 295 g/mol. The summed E-state index contributed by atoms with van der Waals surface area (Å²) < 4.78 is 0. The Morgan fingerprint density at radius 1 is 1.40 bits per heavy atom. The number of amides is 1. The van der Waals surface area contributed by atoms with Crippen LogP contribution in [0.3, 0.4) is 0 Å². The van der Waals surface area contributed by atoms with Gasteiger partial charge in [0, 0.05) is 23.2 Å². The summed E-state index contributed by atoms with van der Waals surface area (Å²) >= 11 is 6.02. The van der Waals surface area contributed by atoms with Crippen LogP contribution in [0, 0.1) is 5.92 Å². The summed E-state index contributed by atoms with van der Waals surface area (Å²) in [6.45, 7) is 4.80. The molecule has 0 atom stereocenters. The van der Waals surface area contributed by atoms with Gasteiger partial charge in [-0.05, 0) is 36.1 Å². The van der Waals surface area contributed by atoms with Crippen molar-refractivity contribution in [1.29, 1.82) is 0 Å². The molecule has 0 bridgehead atoms. The lowest BCUT2D eigenvalue weighted by molar-refractivity contribution is -0.131. The number of carbonyl (C=O) groups excluding carboxylic acids is 1. The molecule has 0 radical (unpaired) electrons. The van der Waals surface area contributed by atoms with Crippen LogP contribution < -0.4 is 5.32 Å². The largest absolute Gasteiger partial charge is 0.478 e. The highest BCUT2D eigenvalue weighted by Gasteiger charge is 2.07. The second kappa shape index (κ2) is 7.70. The minimum absolute atomic E-state index is 0.179. The molecular weight excluding hydrogens is 278 g/mol. The van der Waals surface area contributed by atoms with E-state index in [0.717, 1.165) is 12.5 Å². The molecule has 0 saturated heterocycles. The maximum absolute atomic E-state index is 11.9. The zero-order valence-electron chi connectivity index (χ0n) is 11.5. The minimum Gasteiger partial charge on any atom is -0.478 e. The van der Waals surface area contributed by atoms with E-state index in [1.165, 1.54) is 12.1 Å². The van der Waals surface area contributed by atoms with Gasteiger partial charge in [0.1, 0.15) is 0 Å². The maximum atomic E-state index is 11.9. The molecule has 20 heavy (non-hydrogen) atoms. The number of nitrogens with one attached hydrogen (secondary N) is 1. The van der Waals surface area contributed by atoms with Gasteiger partial charge in [-0.25, -0.2) is 4.79 Å². The Labute approximate surface area is 123 Å². The summed E-state index contributed by atoms with van der Waals surface area (Å²) in [5, 5.41) is 11.7. The third-order valence-corrected chi connectivity index (χ3v) is 3.00. The third-order valence-electron chi connectivity index (χ3n) is 2.68. The van der Waals surface area contributed by atoms with Gasteiger partial charge in [-0.2, -0.15) is 0 Å². The maximum Gasteiger partial charge on any atom is 0.328 e. The van der Waals surface area contributed by atoms with Crippen molar-refractivity contribution in [2.45, 2.75) is 20.3 Å². The number of carbonyl (C=O) groups is 2. The predicted molar refractivity (Wildman–Crippen MR) is 79.9 cm³/mol. The first-order chi connectivity index (χ1) is 9.40. The topological polar surface area (TPSA) is 66.4 Å². The van der Waals surface area contributed by atoms with Gasteiger partial charge in [-0.3, -0.25) is 4.79 Å². The van der Waals surface area contributed by atoms with Gasteiger partial charge in [0.15, 0.2) is 0 Å². The number of hydrogen-bond donors (Lipinski definition) is 2. The molecule has 0 spiro atoms. The molecule has 0 fully saturated rings. The van der Waals surface area contributed by atoms with Crippen molar-refractivity contribution in [3.63, 3.8) is 0 Å². The molecule has 0 aromatic heterocycles. The molecule has 0 heterocycles. The van der Waals surface area contributed by atoms with Gasteiger partial charge in [0.25, 0.3) is 5.91 Å². The van der Waals surface area contributed by atoms with Crippen molar-refractivity contribution >= 4 is 29.6 Å². The molecule has 0 saturated carbocycles. The van der Waals surface area contributed by atoms with Crippen LogP contribution in [0.2, 0.25) is 5.02 Å². The molecule has 1 rings (SSSR count). The Bertz CT molecular complexity index is 524. The van der Waals surface area contributed by atoms with E-state index in [1.54, 1.807) is 12.1 Å². The average Bonchev–Trinajstić information content (AvgIpc) is 2.36. The number of benzene rings is 1. The van der Waals surface area contributed by atoms with Gasteiger partial charge in [-0.1, -0.05) is 31.5 Å². The lowest BCUT2D eigenvalue weighted by Crippen LogP contribution is -2.25. The molecule has 0 aliphatic carbocycles. The lowest BCUT2D eigenvalue weighted by Gasteiger charge is -2.08. The first-order valence-electron chi connectivity index (χ1n) is 6.39. The van der Waals surface area contributed by atoms with Gasteiger partial charge in [0.05, 0.1) is 0 Å². The standard InChI is InChI=1S/C15H18ClNO3/c1-10(2)7-8-17-15(20)12-4-3-11(13(16)9-12)5-6-14(18)19/h3-6,9-10H,7-8H2,1-2H3,(H,17,20)(H,18,19)/b6-5+. The van der Waals surface area contributed by atoms with Crippen molar-refractivity contribution in [1.82, 2.24) is 5.32 Å². The fraction of sp³-hybridized carbons (Fsp3) is 0.333. The highest BCUT2D eigenvalue weighted by atomic mass is 35.5. The summed E-state index contributed by atoms with van der Waals surface area (Å²) in [6.07, 6.45) is 3.31. The number of rotatable bonds is 6. The van der Waals surface area contributed by atoms with Crippen LogP contribution in [0.25, 0.3) is 6.08 Å². The Hall–Kier alpha value is -1.81. The Morgan fingerprint density at radius 2 is 2.10 bits per heavy atom. The summed E-state index contributed by atoms with van der Waals surface area (Å²) in [5.41, 5.74) is 1.03. The van der Waals surface area contributed by atoms with E-state index in [1.807, 2.05) is 0 Å². The average molecular weight is 296 g/mol. The molecule has 2 N–H and O–H groups in total. The highest BCUT2D eigenvalue weighted by Crippen LogP contribution is 2.19. The summed E-state index contributed by atoms with van der Waals surface area (Å²) in [5.74, 6) is -0.694. The van der Waals surface area contributed by atoms with E-state index in [2.05, 4.69) is 19.2 Å². The minimum atomic E-state index is -1.04. The number of halogens is 1. The van der Waals surface area contributed by atoms with Gasteiger partial charge in [-0.15, -0.1) is 0 Å². The van der Waals surface area contributed by atoms with Gasteiger partial charge >= 0.3 is 5.97 Å². The van der Waals surface area contributed by atoms with Crippen LogP contribution in [0.4, 0.5) is 0 Å². The first-order valence-corrected chi connectivity index (χ1v) is 6.76. The van der Waals surface area contributed by atoms with Crippen LogP contribution in [-0.4, -0.2) is 23.5 Å². The molecule has 1 aromatic rings. The highest BCUT2D eigenvalue weighted by molar-refractivity contribution is 6.32. The summed E-state index contributed by atoms with van der Waals surface area (Å²) in [6, 6.07) is 4.78. The quantitative estimate of drug-likeness (QED) is 0.792. The number of aliphatic carboxylic acids is 1. The third kappa shape index (κ3) is 5.45. The lowest BCUT2D eigenvalue weighted by atomic mass is 10.1. The van der Waals surface area contributed by atoms with Crippen molar-refractivity contribution in [3.8, 4) is 0 Å². The second-order valence-electron chi connectivity index (χ2n) is 4.85. The smallest absolute Gasteiger partial charge is 0.328 e. The van der Waals surface area contributed by atoms with Gasteiger partial charge in [0.2, 0.25) is 0 Å². The Balaban J connectivity index is 2.71. The molecule has 1 amide bonds. The van der Waals surface area contributed by atoms with Crippen LogP contribution in [0.5, 0.6) is 0 Å². The first kappa shape index (κ1) is 16.2. The number of carboxylic acids is 1. The predicted octanol–water partition coefficient (Wildman–Crippen LogP) is 3.21. The van der Waals surface area contributed by atoms with Crippen LogP contribution in [0.1, 0.15) is 36.2 Å². The molecule has 1 aromatic carbocycles. The molecule has 4 nitrogen and oxygen atoms in total. The molecule has 108 valence electrons. The molecular formula is C15H18ClNO3. The molecule has 0 unspecified atom stereocenters. The molecule has 0 aliphatic rings. The Morgan fingerprint density at radius 3 is 2.65 bits per heavy atom. The SMILES string of the molecule is CC(C)CCNC(=O)c1ccc(/C=C/C(=O)O)c(Cl)c1. The second-order valence-corrected chi connectivity index (χ2v) is 5.25. The summed E-state index contributed by atoms with van der Waals surface area (Å²) in [7, 11) is 0. The van der Waals surface area contributed by atoms with Crippen LogP contribution in [-0.2, 0) is 4.79 Å². The van der Waals surface area contributed by atoms with E-state index >= 15 is 0 Å².